The lowest BCUT2D eigenvalue weighted by Crippen LogP contribution is -2.38. The predicted molar refractivity (Wildman–Crippen MR) is 115 cm³/mol. The van der Waals surface area contributed by atoms with Crippen molar-refractivity contribution in [2.24, 2.45) is 5.41 Å². The molecule has 0 aromatic heterocycles. The number of aliphatic hydroxyl groups excluding tert-OH is 1. The maximum Gasteiger partial charge on any atom is 0.217 e. The number of nitrogens with one attached hydrogen (secondary N) is 2. The van der Waals surface area contributed by atoms with Crippen molar-refractivity contribution < 1.29 is 23.5 Å². The number of fused-ring (bicyclic) bond motifs is 2. The molecule has 2 bridgehead atoms. The first kappa shape index (κ1) is 23.9. The van der Waals surface area contributed by atoms with Gasteiger partial charge in [0.2, 0.25) is 12.3 Å². The highest BCUT2D eigenvalue weighted by molar-refractivity contribution is 6.31. The molecule has 3 atom stereocenters. The Kier molecular flexibility index (Phi) is 7.26. The van der Waals surface area contributed by atoms with E-state index in [2.05, 4.69) is 10.6 Å². The first-order valence-electron chi connectivity index (χ1n) is 10.9. The van der Waals surface area contributed by atoms with Gasteiger partial charge in [0.15, 0.2) is 0 Å². The van der Waals surface area contributed by atoms with E-state index in [0.29, 0.717) is 54.7 Å². The molecule has 2 amide bonds. The van der Waals surface area contributed by atoms with Crippen LogP contribution in [0.15, 0.2) is 12.1 Å². The maximum absolute atomic E-state index is 14.5. The number of aliphatic hydroxyl groups is 1. The van der Waals surface area contributed by atoms with E-state index >= 15 is 0 Å². The fourth-order valence-electron chi connectivity index (χ4n) is 5.60. The van der Waals surface area contributed by atoms with Crippen molar-refractivity contribution >= 4 is 23.9 Å². The maximum atomic E-state index is 14.5. The second-order valence-electron chi connectivity index (χ2n) is 9.28. The van der Waals surface area contributed by atoms with Gasteiger partial charge in [-0.2, -0.15) is 0 Å². The summed E-state index contributed by atoms with van der Waals surface area (Å²) in [5, 5.41) is 15.1. The van der Waals surface area contributed by atoms with Crippen LogP contribution in [-0.2, 0) is 9.59 Å². The standard InChI is InChI=1S/C16H18ClF2NO.C7H13NO2/c1-10-11(17)2-3-12(18)13(10)14(20-9-21)15-4-6-16(19,8-15)7-5-15;1-5(9)8-6-3-2-4-7(6)10/h2-3,9,14H,4-8H2,1H3,(H,20,21);6-7,10H,2-4H2,1H3,(H,8,9). The molecule has 8 heteroatoms. The number of hydrogen-bond acceptors (Lipinski definition) is 3. The number of carbonyl (C=O) groups excluding carboxylic acids is 2. The smallest absolute Gasteiger partial charge is 0.217 e. The van der Waals surface area contributed by atoms with Gasteiger partial charge in [0.25, 0.3) is 0 Å². The monoisotopic (exact) mass is 456 g/mol. The van der Waals surface area contributed by atoms with Crippen LogP contribution < -0.4 is 10.6 Å². The summed E-state index contributed by atoms with van der Waals surface area (Å²) in [6, 6.07) is 2.31. The van der Waals surface area contributed by atoms with Crippen LogP contribution >= 0.6 is 11.6 Å². The molecule has 0 aliphatic heterocycles. The van der Waals surface area contributed by atoms with Crippen molar-refractivity contribution in [1.29, 1.82) is 0 Å². The van der Waals surface area contributed by atoms with Crippen LogP contribution in [0, 0.1) is 18.2 Å². The average molecular weight is 457 g/mol. The Morgan fingerprint density at radius 3 is 2.45 bits per heavy atom. The van der Waals surface area contributed by atoms with Crippen LogP contribution in [0.3, 0.4) is 0 Å². The highest BCUT2D eigenvalue weighted by atomic mass is 35.5. The van der Waals surface area contributed by atoms with E-state index in [1.54, 1.807) is 6.92 Å². The van der Waals surface area contributed by atoms with Gasteiger partial charge in [-0.15, -0.1) is 0 Å². The lowest BCUT2D eigenvalue weighted by atomic mass is 9.73. The van der Waals surface area contributed by atoms with Gasteiger partial charge >= 0.3 is 0 Å². The van der Waals surface area contributed by atoms with Crippen LogP contribution in [0.4, 0.5) is 8.78 Å². The fourth-order valence-corrected chi connectivity index (χ4v) is 5.76. The van der Waals surface area contributed by atoms with Gasteiger partial charge in [0.05, 0.1) is 18.2 Å². The molecular weight excluding hydrogens is 426 g/mol. The molecule has 1 aromatic rings. The number of hydrogen-bond donors (Lipinski definition) is 3. The molecule has 0 saturated heterocycles. The normalized spacial score (nSPS) is 32.2. The molecule has 3 N–H and O–H groups in total. The summed E-state index contributed by atoms with van der Waals surface area (Å²) in [5.74, 6) is -0.445. The zero-order valence-corrected chi connectivity index (χ0v) is 18.8. The Bertz CT molecular complexity index is 827. The largest absolute Gasteiger partial charge is 0.391 e. The number of rotatable bonds is 5. The SMILES string of the molecule is CC(=O)NC1CCCC1O.Cc1c(Cl)ccc(F)c1C(NC=O)C12CCC(F)(CC1)C2. The molecule has 0 heterocycles. The first-order chi connectivity index (χ1) is 14.6. The summed E-state index contributed by atoms with van der Waals surface area (Å²) in [7, 11) is 0. The Hall–Kier alpha value is -1.73. The molecule has 31 heavy (non-hydrogen) atoms. The molecule has 5 nitrogen and oxygen atoms in total. The second kappa shape index (κ2) is 9.41. The van der Waals surface area contributed by atoms with Crippen LogP contribution in [-0.4, -0.2) is 35.2 Å². The zero-order chi connectivity index (χ0) is 22.8. The van der Waals surface area contributed by atoms with E-state index in [0.717, 1.165) is 19.3 Å². The lowest BCUT2D eigenvalue weighted by molar-refractivity contribution is -0.120. The van der Waals surface area contributed by atoms with E-state index in [9.17, 15) is 23.5 Å². The molecule has 1 aromatic carbocycles. The third-order valence-corrected chi connectivity index (χ3v) is 7.62. The molecule has 3 unspecified atom stereocenters. The first-order valence-corrected chi connectivity index (χ1v) is 11.3. The molecule has 3 saturated carbocycles. The molecule has 3 aliphatic carbocycles. The van der Waals surface area contributed by atoms with Gasteiger partial charge < -0.3 is 15.7 Å². The topological polar surface area (TPSA) is 78.4 Å². The van der Waals surface area contributed by atoms with E-state index < -0.39 is 22.9 Å². The minimum absolute atomic E-state index is 0.0116. The van der Waals surface area contributed by atoms with E-state index in [1.165, 1.54) is 19.1 Å². The zero-order valence-electron chi connectivity index (χ0n) is 18.0. The van der Waals surface area contributed by atoms with Crippen molar-refractivity contribution in [3.8, 4) is 0 Å². The minimum atomic E-state index is -1.15. The van der Waals surface area contributed by atoms with E-state index in [1.807, 2.05) is 0 Å². The molecule has 3 aliphatic rings. The number of halogens is 3. The third-order valence-electron chi connectivity index (χ3n) is 7.21. The summed E-state index contributed by atoms with van der Waals surface area (Å²) < 4.78 is 28.9. The third kappa shape index (κ3) is 5.03. The molecule has 0 spiro atoms. The minimum Gasteiger partial charge on any atom is -0.391 e. The number of benzene rings is 1. The number of carbonyl (C=O) groups is 2. The van der Waals surface area contributed by atoms with Gasteiger partial charge in [-0.05, 0) is 81.4 Å². The second-order valence-corrected chi connectivity index (χ2v) is 9.69. The predicted octanol–water partition coefficient (Wildman–Crippen LogP) is 4.28. The van der Waals surface area contributed by atoms with Crippen LogP contribution in [0.5, 0.6) is 0 Å². The summed E-state index contributed by atoms with van der Waals surface area (Å²) in [5.41, 5.74) is -0.521. The molecule has 3 fully saturated rings. The lowest BCUT2D eigenvalue weighted by Gasteiger charge is -2.36. The summed E-state index contributed by atoms with van der Waals surface area (Å²) in [4.78, 5) is 21.6. The molecular formula is C23H31ClF2N2O3. The molecule has 172 valence electrons. The quantitative estimate of drug-likeness (QED) is 0.578. The Morgan fingerprint density at radius 1 is 1.29 bits per heavy atom. The van der Waals surface area contributed by atoms with Crippen molar-refractivity contribution in [1.82, 2.24) is 10.6 Å². The van der Waals surface area contributed by atoms with Gasteiger partial charge in [0.1, 0.15) is 11.5 Å². The highest BCUT2D eigenvalue weighted by Crippen LogP contribution is 2.63. The Morgan fingerprint density at radius 2 is 1.97 bits per heavy atom. The average Bonchev–Trinajstić information content (AvgIpc) is 3.38. The molecule has 4 rings (SSSR count). The Balaban J connectivity index is 0.000000229. The van der Waals surface area contributed by atoms with Crippen molar-refractivity contribution in [2.75, 3.05) is 0 Å². The van der Waals surface area contributed by atoms with Crippen molar-refractivity contribution in [3.63, 3.8) is 0 Å². The summed E-state index contributed by atoms with van der Waals surface area (Å²) in [6.07, 6.45) is 5.73. The summed E-state index contributed by atoms with van der Waals surface area (Å²) in [6.45, 7) is 3.22. The number of amides is 2. The highest BCUT2D eigenvalue weighted by Gasteiger charge is 2.58. The Labute approximate surface area is 186 Å². The van der Waals surface area contributed by atoms with Gasteiger partial charge in [-0.3, -0.25) is 9.59 Å². The van der Waals surface area contributed by atoms with Crippen LogP contribution in [0.1, 0.15) is 75.5 Å². The van der Waals surface area contributed by atoms with E-state index in [-0.39, 0.29) is 18.1 Å². The van der Waals surface area contributed by atoms with Crippen molar-refractivity contribution in [3.05, 3.63) is 34.1 Å². The molecule has 0 radical (unpaired) electrons. The van der Waals surface area contributed by atoms with Crippen LogP contribution in [0.25, 0.3) is 0 Å². The summed E-state index contributed by atoms with van der Waals surface area (Å²) >= 11 is 6.11. The van der Waals surface area contributed by atoms with Gasteiger partial charge in [-0.1, -0.05) is 11.6 Å². The van der Waals surface area contributed by atoms with Gasteiger partial charge in [0, 0.05) is 17.5 Å². The fraction of sp³-hybridized carbons (Fsp3) is 0.652. The van der Waals surface area contributed by atoms with E-state index in [4.69, 9.17) is 11.6 Å². The van der Waals surface area contributed by atoms with Crippen LogP contribution in [0.2, 0.25) is 5.02 Å². The van der Waals surface area contributed by atoms with Gasteiger partial charge in [-0.25, -0.2) is 8.78 Å². The van der Waals surface area contributed by atoms with Crippen molar-refractivity contribution in [2.45, 2.75) is 89.1 Å². The number of alkyl halides is 1.